The monoisotopic (exact) mass is 621 g/mol. The maximum atomic E-state index is 13.2. The molecular weight excluding hydrogens is 587 g/mol. The maximum absolute atomic E-state index is 13.2. The number of halogens is 4. The normalized spacial score (nSPS) is 15.7. The smallest absolute Gasteiger partial charge is 0.425 e. The van der Waals surface area contributed by atoms with Crippen LogP contribution in [0.5, 0.6) is 5.75 Å². The molecule has 1 aliphatic heterocycles. The molecule has 1 saturated heterocycles. The highest BCUT2D eigenvalue weighted by molar-refractivity contribution is 6.32. The van der Waals surface area contributed by atoms with Gasteiger partial charge in [-0.05, 0) is 63.5 Å². The van der Waals surface area contributed by atoms with E-state index >= 15 is 0 Å². The molecule has 3 atom stereocenters. The Morgan fingerprint density at radius 1 is 1.14 bits per heavy atom. The van der Waals surface area contributed by atoms with Crippen LogP contribution in [0.2, 0.25) is 5.02 Å². The molecule has 2 unspecified atom stereocenters. The van der Waals surface area contributed by atoms with Crippen molar-refractivity contribution in [3.63, 3.8) is 0 Å². The number of aromatic nitrogens is 2. The summed E-state index contributed by atoms with van der Waals surface area (Å²) in [4.78, 5) is 32.1. The Morgan fingerprint density at radius 2 is 1.84 bits per heavy atom. The van der Waals surface area contributed by atoms with Crippen molar-refractivity contribution in [1.82, 2.24) is 25.1 Å². The Kier molecular flexibility index (Phi) is 10.4. The average molecular weight is 622 g/mol. The summed E-state index contributed by atoms with van der Waals surface area (Å²) >= 11 is 6.14. The molecule has 0 aliphatic carbocycles. The summed E-state index contributed by atoms with van der Waals surface area (Å²) in [6, 6.07) is 10.9. The quantitative estimate of drug-likeness (QED) is 0.279. The van der Waals surface area contributed by atoms with Crippen LogP contribution in [0.25, 0.3) is 11.3 Å². The lowest BCUT2D eigenvalue weighted by Gasteiger charge is -2.30. The maximum Gasteiger partial charge on any atom is 0.425 e. The fraction of sp³-hybridized carbons (Fsp3) is 0.433. The number of likely N-dealkylation sites (tertiary alicyclic amines) is 1. The lowest BCUT2D eigenvalue weighted by atomic mass is 10.0. The van der Waals surface area contributed by atoms with Crippen LogP contribution in [0.15, 0.2) is 48.7 Å². The van der Waals surface area contributed by atoms with Gasteiger partial charge in [0.15, 0.2) is 6.10 Å². The number of aryl methyl sites for hydroxylation is 1. The number of imidazole rings is 1. The van der Waals surface area contributed by atoms with E-state index in [1.54, 1.807) is 11.5 Å². The summed E-state index contributed by atoms with van der Waals surface area (Å²) < 4.78 is 45.4. The third-order valence-electron chi connectivity index (χ3n) is 7.17. The zero-order valence-electron chi connectivity index (χ0n) is 24.1. The van der Waals surface area contributed by atoms with Gasteiger partial charge in [0, 0.05) is 30.9 Å². The van der Waals surface area contributed by atoms with E-state index in [4.69, 9.17) is 16.3 Å². The zero-order chi connectivity index (χ0) is 31.3. The standard InChI is InChI=1S/C30H35ClF3N5O4/c1-18(40)28-37-25(16-38(28)3)21-7-5-20(6-8-21)13-23(15-35-27(41)17-39-11-4-12-39)36-29(42)22-9-10-26(24(31)14-22)43-19(2)30(32,33)34/h5-10,14,16,18-19,23,40H,4,11-13,15,17H2,1-3H3,(H,35,41)(H,36,42)/t18?,19-,23?/m1/s1. The molecule has 4 rings (SSSR count). The number of alkyl halides is 3. The first-order valence-corrected chi connectivity index (χ1v) is 14.3. The Bertz CT molecular complexity index is 1420. The summed E-state index contributed by atoms with van der Waals surface area (Å²) in [5.74, 6) is -0.298. The minimum atomic E-state index is -4.57. The molecule has 13 heteroatoms. The number of carbonyl (C=O) groups is 2. The number of aliphatic hydroxyl groups excluding tert-OH is 1. The van der Waals surface area contributed by atoms with E-state index in [1.165, 1.54) is 18.2 Å². The first kappa shape index (κ1) is 32.3. The van der Waals surface area contributed by atoms with Gasteiger partial charge < -0.3 is 25.0 Å². The van der Waals surface area contributed by atoms with E-state index in [0.717, 1.165) is 37.6 Å². The van der Waals surface area contributed by atoms with Gasteiger partial charge in [-0.2, -0.15) is 13.2 Å². The summed E-state index contributed by atoms with van der Waals surface area (Å²) in [5.41, 5.74) is 2.59. The van der Waals surface area contributed by atoms with Crippen molar-refractivity contribution >= 4 is 23.4 Å². The molecule has 2 aromatic carbocycles. The van der Waals surface area contributed by atoms with Crippen molar-refractivity contribution in [2.45, 2.75) is 51.1 Å². The summed E-state index contributed by atoms with van der Waals surface area (Å²) in [7, 11) is 1.81. The molecule has 1 aliphatic rings. The van der Waals surface area contributed by atoms with Gasteiger partial charge in [0.1, 0.15) is 17.7 Å². The number of nitrogens with zero attached hydrogens (tertiary/aromatic N) is 3. The largest absolute Gasteiger partial charge is 0.480 e. The van der Waals surface area contributed by atoms with E-state index < -0.39 is 30.3 Å². The topological polar surface area (TPSA) is 109 Å². The average Bonchev–Trinajstić information content (AvgIpc) is 3.32. The van der Waals surface area contributed by atoms with Gasteiger partial charge >= 0.3 is 6.18 Å². The summed E-state index contributed by atoms with van der Waals surface area (Å²) in [5, 5.41) is 15.6. The number of carbonyl (C=O) groups excluding carboxylic acids is 2. The number of nitrogens with one attached hydrogen (secondary N) is 2. The highest BCUT2D eigenvalue weighted by Gasteiger charge is 2.38. The second-order valence-electron chi connectivity index (χ2n) is 10.7. The van der Waals surface area contributed by atoms with Crippen LogP contribution in [-0.2, 0) is 18.3 Å². The minimum Gasteiger partial charge on any atom is -0.480 e. The van der Waals surface area contributed by atoms with Crippen molar-refractivity contribution in [2.24, 2.45) is 7.05 Å². The molecule has 0 bridgehead atoms. The molecule has 0 radical (unpaired) electrons. The third kappa shape index (κ3) is 8.71. The van der Waals surface area contributed by atoms with Crippen LogP contribution in [0.4, 0.5) is 13.2 Å². The van der Waals surface area contributed by atoms with Crippen LogP contribution >= 0.6 is 11.6 Å². The number of rotatable bonds is 12. The molecule has 0 spiro atoms. The second-order valence-corrected chi connectivity index (χ2v) is 11.1. The molecule has 2 heterocycles. The first-order chi connectivity index (χ1) is 20.3. The predicted molar refractivity (Wildman–Crippen MR) is 156 cm³/mol. The van der Waals surface area contributed by atoms with Crippen molar-refractivity contribution in [1.29, 1.82) is 0 Å². The van der Waals surface area contributed by atoms with Crippen LogP contribution in [0, 0.1) is 0 Å². The van der Waals surface area contributed by atoms with Crippen molar-refractivity contribution in [3.8, 4) is 17.0 Å². The van der Waals surface area contributed by atoms with Gasteiger partial charge in [0.25, 0.3) is 5.91 Å². The van der Waals surface area contributed by atoms with Gasteiger partial charge in [-0.25, -0.2) is 4.98 Å². The molecule has 3 N–H and O–H groups in total. The SMILES string of the molecule is CC(O)c1nc(-c2ccc(CC(CNC(=O)CN3CCC3)NC(=O)c3ccc(O[C@H](C)C(F)(F)F)c(Cl)c3)cc2)cn1C. The Morgan fingerprint density at radius 3 is 2.40 bits per heavy atom. The van der Waals surface area contributed by atoms with Crippen LogP contribution < -0.4 is 15.4 Å². The van der Waals surface area contributed by atoms with Gasteiger partial charge in [0.2, 0.25) is 5.91 Å². The number of ether oxygens (including phenoxy) is 1. The summed E-state index contributed by atoms with van der Waals surface area (Å²) in [6.07, 6.45) is -4.07. The first-order valence-electron chi connectivity index (χ1n) is 13.9. The van der Waals surface area contributed by atoms with Crippen LogP contribution in [0.1, 0.15) is 48.1 Å². The number of benzene rings is 2. The number of aliphatic hydroxyl groups is 1. The predicted octanol–water partition coefficient (Wildman–Crippen LogP) is 4.29. The summed E-state index contributed by atoms with van der Waals surface area (Å²) in [6.45, 7) is 4.70. The van der Waals surface area contributed by atoms with Gasteiger partial charge in [-0.15, -0.1) is 0 Å². The lowest BCUT2D eigenvalue weighted by molar-refractivity contribution is -0.189. The van der Waals surface area contributed by atoms with E-state index in [0.29, 0.717) is 17.9 Å². The Balaban J connectivity index is 1.46. The molecule has 0 saturated carbocycles. The molecule has 1 fully saturated rings. The Labute approximate surface area is 253 Å². The number of hydrogen-bond acceptors (Lipinski definition) is 6. The van der Waals surface area contributed by atoms with Crippen molar-refractivity contribution in [2.75, 3.05) is 26.2 Å². The molecule has 9 nitrogen and oxygen atoms in total. The number of amides is 2. The molecule has 232 valence electrons. The van der Waals surface area contributed by atoms with Gasteiger partial charge in [0.05, 0.1) is 23.3 Å². The zero-order valence-corrected chi connectivity index (χ0v) is 24.9. The highest BCUT2D eigenvalue weighted by Crippen LogP contribution is 2.31. The molecule has 43 heavy (non-hydrogen) atoms. The fourth-order valence-electron chi connectivity index (χ4n) is 4.58. The molecule has 3 aromatic rings. The van der Waals surface area contributed by atoms with Crippen molar-refractivity contribution in [3.05, 3.63) is 70.6 Å². The van der Waals surface area contributed by atoms with Gasteiger partial charge in [-0.3, -0.25) is 14.5 Å². The van der Waals surface area contributed by atoms with Gasteiger partial charge in [-0.1, -0.05) is 35.9 Å². The molecule has 2 amide bonds. The van der Waals surface area contributed by atoms with E-state index in [2.05, 4.69) is 15.6 Å². The minimum absolute atomic E-state index is 0.132. The fourth-order valence-corrected chi connectivity index (χ4v) is 4.80. The number of hydrogen-bond donors (Lipinski definition) is 3. The van der Waals surface area contributed by atoms with Crippen LogP contribution in [-0.4, -0.2) is 75.9 Å². The third-order valence-corrected chi connectivity index (χ3v) is 7.47. The van der Waals surface area contributed by atoms with E-state index in [9.17, 15) is 27.9 Å². The van der Waals surface area contributed by atoms with E-state index in [-0.39, 0.29) is 35.3 Å². The second kappa shape index (κ2) is 13.8. The highest BCUT2D eigenvalue weighted by atomic mass is 35.5. The van der Waals surface area contributed by atoms with Crippen LogP contribution in [0.3, 0.4) is 0 Å². The molecule has 1 aromatic heterocycles. The van der Waals surface area contributed by atoms with E-state index in [1.807, 2.05) is 42.4 Å². The molecular formula is C30H35ClF3N5O4. The lowest BCUT2D eigenvalue weighted by Crippen LogP contribution is -2.49. The van der Waals surface area contributed by atoms with Crippen molar-refractivity contribution < 1.29 is 32.6 Å². The Hall–Kier alpha value is -3.61.